The predicted molar refractivity (Wildman–Crippen MR) is 175 cm³/mol. The van der Waals surface area contributed by atoms with Crippen LogP contribution in [0, 0.1) is 0 Å². The maximum Gasteiger partial charge on any atom is 0.446 e. The Morgan fingerprint density at radius 2 is 0.952 bits per heavy atom. The van der Waals surface area contributed by atoms with Crippen molar-refractivity contribution >= 4 is 16.4 Å². The van der Waals surface area contributed by atoms with Gasteiger partial charge in [0.2, 0.25) is 0 Å². The number of hydrogen-bond donors (Lipinski definition) is 1. The molecule has 0 radical (unpaired) electrons. The normalized spacial score (nSPS) is 11.6. The van der Waals surface area contributed by atoms with E-state index in [1.165, 1.54) is 128 Å². The molecule has 0 unspecified atom stereocenters. The number of ether oxygens (including phenoxy) is 1. The lowest BCUT2D eigenvalue weighted by atomic mass is 10.0. The molecule has 1 aromatic carbocycles. The van der Waals surface area contributed by atoms with Gasteiger partial charge in [-0.2, -0.15) is 8.42 Å². The average molecular weight is 611 g/mol. The van der Waals surface area contributed by atoms with Gasteiger partial charge in [-0.1, -0.05) is 155 Å². The van der Waals surface area contributed by atoms with Crippen molar-refractivity contribution in [3.8, 4) is 11.5 Å². The minimum Gasteiger partial charge on any atom is -0.426 e. The number of rotatable bonds is 29. The van der Waals surface area contributed by atoms with Crippen molar-refractivity contribution in [2.75, 3.05) is 0 Å². The van der Waals surface area contributed by atoms with Gasteiger partial charge in [0.15, 0.2) is 0 Å². The van der Waals surface area contributed by atoms with Crippen molar-refractivity contribution in [3.05, 3.63) is 23.8 Å². The molecule has 0 saturated carbocycles. The topological polar surface area (TPSA) is 89.9 Å². The summed E-state index contributed by atoms with van der Waals surface area (Å²) in [4.78, 5) is 12.4. The Kier molecular flexibility index (Phi) is 23.7. The molecule has 7 heteroatoms. The molecule has 1 aromatic rings. The first-order valence-electron chi connectivity index (χ1n) is 17.4. The van der Waals surface area contributed by atoms with Crippen LogP contribution in [0.3, 0.4) is 0 Å². The van der Waals surface area contributed by atoms with E-state index in [1.54, 1.807) is 12.1 Å². The number of benzene rings is 1. The zero-order valence-electron chi connectivity index (χ0n) is 27.0. The molecule has 0 saturated heterocycles. The molecule has 42 heavy (non-hydrogen) atoms. The molecule has 0 aliphatic rings. The van der Waals surface area contributed by atoms with Crippen LogP contribution in [0.2, 0.25) is 0 Å². The van der Waals surface area contributed by atoms with E-state index in [0.29, 0.717) is 6.42 Å². The molecule has 244 valence electrons. The van der Waals surface area contributed by atoms with Gasteiger partial charge in [-0.05, 0) is 37.0 Å². The minimum atomic E-state index is -4.66. The van der Waals surface area contributed by atoms with Gasteiger partial charge >= 0.3 is 16.4 Å². The van der Waals surface area contributed by atoms with Gasteiger partial charge in [-0.15, -0.1) is 0 Å². The molecular formula is C35H62O6S. The minimum absolute atomic E-state index is 0.0396. The van der Waals surface area contributed by atoms with E-state index in [9.17, 15) is 13.2 Å². The van der Waals surface area contributed by atoms with E-state index in [1.807, 2.05) is 0 Å². The average Bonchev–Trinajstić information content (AvgIpc) is 2.93. The Balaban J connectivity index is 2.30. The Labute approximate surface area is 258 Å². The summed E-state index contributed by atoms with van der Waals surface area (Å²) >= 11 is 0. The largest absolute Gasteiger partial charge is 0.446 e. The zero-order chi connectivity index (χ0) is 30.7. The summed E-state index contributed by atoms with van der Waals surface area (Å²) < 4.78 is 41.9. The lowest BCUT2D eigenvalue weighted by molar-refractivity contribution is -0.134. The van der Waals surface area contributed by atoms with Crippen molar-refractivity contribution in [2.24, 2.45) is 0 Å². The quantitative estimate of drug-likeness (QED) is 0.0420. The standard InChI is InChI=1S/C35H62O6S/c1-3-5-7-9-11-13-15-16-18-19-21-23-25-27-32-29-33(31-34(30-32)41-42(37,38)39)40-35(36)28-26-24-22-20-17-14-12-10-8-6-4-2/h29-31H,3-28H2,1-2H3,(H,37,38,39). The second-order valence-electron chi connectivity index (χ2n) is 12.1. The number of hydrogen-bond acceptors (Lipinski definition) is 5. The molecular weight excluding hydrogens is 548 g/mol. The van der Waals surface area contributed by atoms with Crippen molar-refractivity contribution in [2.45, 2.75) is 181 Å². The SMILES string of the molecule is CCCCCCCCCCCCCCCc1cc(OC(=O)CCCCCCCCCCCCC)cc(OS(=O)(=O)O)c1. The maximum absolute atomic E-state index is 12.4. The monoisotopic (exact) mass is 610 g/mol. The van der Waals surface area contributed by atoms with Crippen LogP contribution in [-0.2, 0) is 21.6 Å². The summed E-state index contributed by atoms with van der Waals surface area (Å²) in [6.45, 7) is 4.49. The molecule has 0 fully saturated rings. The third-order valence-electron chi connectivity index (χ3n) is 7.93. The number of esters is 1. The van der Waals surface area contributed by atoms with Crippen LogP contribution in [0.1, 0.15) is 180 Å². The van der Waals surface area contributed by atoms with Gasteiger partial charge < -0.3 is 8.92 Å². The van der Waals surface area contributed by atoms with Gasteiger partial charge in [0.25, 0.3) is 0 Å². The zero-order valence-corrected chi connectivity index (χ0v) is 27.8. The molecule has 0 bridgehead atoms. The van der Waals surface area contributed by atoms with Gasteiger partial charge in [0, 0.05) is 12.5 Å². The fraction of sp³-hybridized carbons (Fsp3) is 0.800. The molecule has 0 aliphatic heterocycles. The fourth-order valence-corrected chi connectivity index (χ4v) is 5.81. The molecule has 6 nitrogen and oxygen atoms in total. The lowest BCUT2D eigenvalue weighted by Crippen LogP contribution is -2.10. The highest BCUT2D eigenvalue weighted by Gasteiger charge is 2.13. The van der Waals surface area contributed by atoms with Gasteiger partial charge in [-0.3, -0.25) is 9.35 Å². The fourth-order valence-electron chi connectivity index (χ4n) is 5.47. The summed E-state index contributed by atoms with van der Waals surface area (Å²) in [6.07, 6.45) is 31.0. The maximum atomic E-state index is 12.4. The highest BCUT2D eigenvalue weighted by atomic mass is 32.3. The Morgan fingerprint density at radius 3 is 1.38 bits per heavy atom. The van der Waals surface area contributed by atoms with E-state index < -0.39 is 10.4 Å². The number of carbonyl (C=O) groups excluding carboxylic acids is 1. The van der Waals surface area contributed by atoms with Crippen LogP contribution in [-0.4, -0.2) is 18.9 Å². The summed E-state index contributed by atoms with van der Waals surface area (Å²) in [5.41, 5.74) is 0.830. The van der Waals surface area contributed by atoms with E-state index in [4.69, 9.17) is 13.5 Å². The van der Waals surface area contributed by atoms with E-state index in [-0.39, 0.29) is 17.5 Å². The third kappa shape index (κ3) is 23.9. The number of carbonyl (C=O) groups is 1. The van der Waals surface area contributed by atoms with Crippen LogP contribution in [0.5, 0.6) is 11.5 Å². The third-order valence-corrected chi connectivity index (χ3v) is 8.33. The van der Waals surface area contributed by atoms with Crippen LogP contribution >= 0.6 is 0 Å². The van der Waals surface area contributed by atoms with E-state index >= 15 is 0 Å². The van der Waals surface area contributed by atoms with Crippen molar-refractivity contribution in [1.82, 2.24) is 0 Å². The van der Waals surface area contributed by atoms with Crippen LogP contribution in [0.25, 0.3) is 0 Å². The van der Waals surface area contributed by atoms with Crippen LogP contribution in [0.4, 0.5) is 0 Å². The smallest absolute Gasteiger partial charge is 0.426 e. The van der Waals surface area contributed by atoms with Gasteiger partial charge in [0.05, 0.1) is 0 Å². The van der Waals surface area contributed by atoms with Crippen molar-refractivity contribution in [3.63, 3.8) is 0 Å². The highest BCUT2D eigenvalue weighted by molar-refractivity contribution is 7.81. The molecule has 0 amide bonds. The van der Waals surface area contributed by atoms with E-state index in [0.717, 1.165) is 44.1 Å². The Morgan fingerprint density at radius 1 is 0.571 bits per heavy atom. The van der Waals surface area contributed by atoms with Crippen molar-refractivity contribution in [1.29, 1.82) is 0 Å². The van der Waals surface area contributed by atoms with E-state index in [2.05, 4.69) is 13.8 Å². The second kappa shape index (κ2) is 25.9. The first-order chi connectivity index (χ1) is 20.3. The first-order valence-corrected chi connectivity index (χ1v) is 18.7. The molecule has 0 aliphatic carbocycles. The predicted octanol–water partition coefficient (Wildman–Crippen LogP) is 11.1. The molecule has 0 aromatic heterocycles. The lowest BCUT2D eigenvalue weighted by Gasteiger charge is -2.10. The highest BCUT2D eigenvalue weighted by Crippen LogP contribution is 2.26. The molecule has 0 atom stereocenters. The second-order valence-corrected chi connectivity index (χ2v) is 13.1. The molecule has 1 N–H and O–H groups in total. The number of aryl methyl sites for hydroxylation is 1. The van der Waals surface area contributed by atoms with Crippen LogP contribution < -0.4 is 8.92 Å². The van der Waals surface area contributed by atoms with Gasteiger partial charge in [-0.25, -0.2) is 0 Å². The summed E-state index contributed by atoms with van der Waals surface area (Å²) in [6, 6.07) is 4.71. The first kappa shape index (κ1) is 38.4. The molecule has 0 heterocycles. The number of unbranched alkanes of at least 4 members (excludes halogenated alkanes) is 22. The van der Waals surface area contributed by atoms with Crippen molar-refractivity contribution < 1.29 is 26.7 Å². The summed E-state index contributed by atoms with van der Waals surface area (Å²) in [7, 11) is -4.66. The summed E-state index contributed by atoms with van der Waals surface area (Å²) in [5.74, 6) is -0.113. The molecule has 1 rings (SSSR count). The van der Waals surface area contributed by atoms with Crippen LogP contribution in [0.15, 0.2) is 18.2 Å². The Hall–Kier alpha value is -1.60. The van der Waals surface area contributed by atoms with Gasteiger partial charge in [0.1, 0.15) is 11.5 Å². The summed E-state index contributed by atoms with van der Waals surface area (Å²) in [5, 5.41) is 0. The molecule has 0 spiro atoms. The Bertz CT molecular complexity index is 899.